The van der Waals surface area contributed by atoms with E-state index in [9.17, 15) is 4.79 Å². The van der Waals surface area contributed by atoms with Gasteiger partial charge in [0, 0.05) is 19.1 Å². The second-order valence-electron chi connectivity index (χ2n) is 4.34. The third-order valence-electron chi connectivity index (χ3n) is 3.03. The van der Waals surface area contributed by atoms with Crippen LogP contribution in [0.2, 0.25) is 5.15 Å². The number of hydrogen-bond donors (Lipinski definition) is 1. The van der Waals surface area contributed by atoms with E-state index in [2.05, 4.69) is 20.4 Å². The average Bonchev–Trinajstić information content (AvgIpc) is 2.41. The molecule has 1 aliphatic rings. The Bertz CT molecular complexity index is 418. The molecule has 0 saturated carbocycles. The Morgan fingerprint density at radius 3 is 2.79 bits per heavy atom. The molecule has 1 saturated heterocycles. The number of hydrogen-bond acceptors (Lipinski definition) is 5. The molecule has 1 amide bonds. The molecule has 1 aromatic heterocycles. The van der Waals surface area contributed by atoms with E-state index in [0.717, 1.165) is 31.7 Å². The molecule has 0 aliphatic carbocycles. The van der Waals surface area contributed by atoms with Gasteiger partial charge in [0.15, 0.2) is 11.0 Å². The standard InChI is InChI=1S/C12H17ClN4O2/c1-2-19-12(18)14-9-5-7-17(8-6-9)11-4-3-10(13)15-16-11/h3-4,9H,2,5-8H2,1H3,(H,14,18). The topological polar surface area (TPSA) is 67.3 Å². The Kier molecular flexibility index (Phi) is 4.79. The molecule has 0 bridgehead atoms. The molecule has 104 valence electrons. The number of amides is 1. The van der Waals surface area contributed by atoms with E-state index in [0.29, 0.717) is 11.8 Å². The maximum atomic E-state index is 11.3. The van der Waals surface area contributed by atoms with Crippen LogP contribution >= 0.6 is 11.6 Å². The molecule has 1 N–H and O–H groups in total. The second-order valence-corrected chi connectivity index (χ2v) is 4.73. The average molecular weight is 285 g/mol. The fourth-order valence-electron chi connectivity index (χ4n) is 2.07. The molecule has 0 radical (unpaired) electrons. The zero-order valence-electron chi connectivity index (χ0n) is 10.8. The minimum absolute atomic E-state index is 0.163. The predicted octanol–water partition coefficient (Wildman–Crippen LogP) is 1.84. The molecule has 1 fully saturated rings. The first kappa shape index (κ1) is 13.9. The summed E-state index contributed by atoms with van der Waals surface area (Å²) in [7, 11) is 0. The number of carbonyl (C=O) groups is 1. The number of halogens is 1. The number of ether oxygens (including phenoxy) is 1. The molecule has 0 atom stereocenters. The van der Waals surface area contributed by atoms with Gasteiger partial charge in [-0.2, -0.15) is 0 Å². The molecule has 1 aliphatic heterocycles. The van der Waals surface area contributed by atoms with Gasteiger partial charge in [0.1, 0.15) is 0 Å². The number of anilines is 1. The maximum absolute atomic E-state index is 11.3. The van der Waals surface area contributed by atoms with E-state index >= 15 is 0 Å². The van der Waals surface area contributed by atoms with Gasteiger partial charge in [0.05, 0.1) is 6.61 Å². The summed E-state index contributed by atoms with van der Waals surface area (Å²) in [6.45, 7) is 3.84. The van der Waals surface area contributed by atoms with Gasteiger partial charge in [-0.1, -0.05) is 11.6 Å². The molecule has 0 unspecified atom stereocenters. The summed E-state index contributed by atoms with van der Waals surface area (Å²) in [6.07, 6.45) is 1.39. The number of rotatable bonds is 3. The van der Waals surface area contributed by atoms with Gasteiger partial charge in [-0.05, 0) is 31.9 Å². The van der Waals surface area contributed by atoms with Crippen LogP contribution in [0.4, 0.5) is 10.6 Å². The van der Waals surface area contributed by atoms with Gasteiger partial charge in [-0.3, -0.25) is 0 Å². The lowest BCUT2D eigenvalue weighted by atomic mass is 10.1. The van der Waals surface area contributed by atoms with Crippen molar-refractivity contribution in [1.29, 1.82) is 0 Å². The molecule has 7 heteroatoms. The Labute approximate surface area is 117 Å². The SMILES string of the molecule is CCOC(=O)NC1CCN(c2ccc(Cl)nn2)CC1. The van der Waals surface area contributed by atoms with Gasteiger partial charge in [0.2, 0.25) is 0 Å². The van der Waals surface area contributed by atoms with Crippen molar-refractivity contribution < 1.29 is 9.53 Å². The lowest BCUT2D eigenvalue weighted by Gasteiger charge is -2.32. The Balaban J connectivity index is 1.82. The number of aromatic nitrogens is 2. The molecule has 0 spiro atoms. The van der Waals surface area contributed by atoms with Gasteiger partial charge < -0.3 is 15.0 Å². The quantitative estimate of drug-likeness (QED) is 0.917. The highest BCUT2D eigenvalue weighted by Crippen LogP contribution is 2.18. The van der Waals surface area contributed by atoms with Crippen LogP contribution in [0.25, 0.3) is 0 Å². The van der Waals surface area contributed by atoms with E-state index in [-0.39, 0.29) is 12.1 Å². The van der Waals surface area contributed by atoms with E-state index in [1.165, 1.54) is 0 Å². The van der Waals surface area contributed by atoms with Crippen LogP contribution in [-0.4, -0.2) is 42.0 Å². The number of piperidine rings is 1. The first-order valence-electron chi connectivity index (χ1n) is 6.36. The zero-order valence-corrected chi connectivity index (χ0v) is 11.6. The minimum Gasteiger partial charge on any atom is -0.450 e. The van der Waals surface area contributed by atoms with Gasteiger partial charge >= 0.3 is 6.09 Å². The number of nitrogens with zero attached hydrogens (tertiary/aromatic N) is 3. The summed E-state index contributed by atoms with van der Waals surface area (Å²) in [6, 6.07) is 3.75. The molecule has 0 aromatic carbocycles. The van der Waals surface area contributed by atoms with Crippen LogP contribution < -0.4 is 10.2 Å². The molecule has 19 heavy (non-hydrogen) atoms. The van der Waals surface area contributed by atoms with Crippen LogP contribution in [0.1, 0.15) is 19.8 Å². The van der Waals surface area contributed by atoms with Crippen molar-refractivity contribution >= 4 is 23.5 Å². The van der Waals surface area contributed by atoms with Crippen LogP contribution in [-0.2, 0) is 4.74 Å². The van der Waals surface area contributed by atoms with Crippen molar-refractivity contribution in [3.63, 3.8) is 0 Å². The molecule has 6 nitrogen and oxygen atoms in total. The van der Waals surface area contributed by atoms with E-state index in [4.69, 9.17) is 16.3 Å². The van der Waals surface area contributed by atoms with Crippen LogP contribution in [0, 0.1) is 0 Å². The van der Waals surface area contributed by atoms with Gasteiger partial charge in [-0.15, -0.1) is 10.2 Å². The number of carbonyl (C=O) groups excluding carboxylic acids is 1. The predicted molar refractivity (Wildman–Crippen MR) is 72.4 cm³/mol. The Morgan fingerprint density at radius 1 is 1.47 bits per heavy atom. The van der Waals surface area contributed by atoms with E-state index in [1.54, 1.807) is 13.0 Å². The normalized spacial score (nSPS) is 16.2. The summed E-state index contributed by atoms with van der Waals surface area (Å²) in [5, 5.41) is 11.1. The lowest BCUT2D eigenvalue weighted by molar-refractivity contribution is 0.146. The number of nitrogens with one attached hydrogen (secondary N) is 1. The highest BCUT2D eigenvalue weighted by atomic mass is 35.5. The van der Waals surface area contributed by atoms with Gasteiger partial charge in [0.25, 0.3) is 0 Å². The molecular weight excluding hydrogens is 268 g/mol. The van der Waals surface area contributed by atoms with Crippen molar-refractivity contribution in [3.8, 4) is 0 Å². The summed E-state index contributed by atoms with van der Waals surface area (Å²) < 4.78 is 4.87. The number of alkyl carbamates (subject to hydrolysis) is 1. The first-order chi connectivity index (χ1) is 9.19. The molecular formula is C12H17ClN4O2. The monoisotopic (exact) mass is 284 g/mol. The smallest absolute Gasteiger partial charge is 0.407 e. The van der Waals surface area contributed by atoms with Crippen LogP contribution in [0.5, 0.6) is 0 Å². The third kappa shape index (κ3) is 3.96. The summed E-state index contributed by atoms with van der Waals surface area (Å²) >= 11 is 5.71. The Morgan fingerprint density at radius 2 is 2.21 bits per heavy atom. The van der Waals surface area contributed by atoms with Gasteiger partial charge in [-0.25, -0.2) is 4.79 Å². The van der Waals surface area contributed by atoms with E-state index < -0.39 is 0 Å². The lowest BCUT2D eigenvalue weighted by Crippen LogP contribution is -2.45. The molecule has 2 heterocycles. The maximum Gasteiger partial charge on any atom is 0.407 e. The van der Waals surface area contributed by atoms with Crippen molar-refractivity contribution in [2.24, 2.45) is 0 Å². The first-order valence-corrected chi connectivity index (χ1v) is 6.74. The summed E-state index contributed by atoms with van der Waals surface area (Å²) in [4.78, 5) is 13.4. The van der Waals surface area contributed by atoms with Crippen molar-refractivity contribution in [1.82, 2.24) is 15.5 Å². The van der Waals surface area contributed by atoms with E-state index in [1.807, 2.05) is 6.07 Å². The summed E-state index contributed by atoms with van der Waals surface area (Å²) in [5.41, 5.74) is 0. The largest absolute Gasteiger partial charge is 0.450 e. The minimum atomic E-state index is -0.341. The van der Waals surface area contributed by atoms with Crippen molar-refractivity contribution in [2.45, 2.75) is 25.8 Å². The Hall–Kier alpha value is -1.56. The van der Waals surface area contributed by atoms with Crippen LogP contribution in [0.3, 0.4) is 0 Å². The highest BCUT2D eigenvalue weighted by molar-refractivity contribution is 6.29. The molecule has 1 aromatic rings. The zero-order chi connectivity index (χ0) is 13.7. The molecule has 2 rings (SSSR count). The highest BCUT2D eigenvalue weighted by Gasteiger charge is 2.21. The third-order valence-corrected chi connectivity index (χ3v) is 3.24. The fraction of sp³-hybridized carbons (Fsp3) is 0.583. The van der Waals surface area contributed by atoms with Crippen molar-refractivity contribution in [3.05, 3.63) is 17.3 Å². The van der Waals surface area contributed by atoms with Crippen LogP contribution in [0.15, 0.2) is 12.1 Å². The summed E-state index contributed by atoms with van der Waals surface area (Å²) in [5.74, 6) is 0.819. The fourth-order valence-corrected chi connectivity index (χ4v) is 2.17. The van der Waals surface area contributed by atoms with Crippen molar-refractivity contribution in [2.75, 3.05) is 24.6 Å². The second kappa shape index (κ2) is 6.56.